The van der Waals surface area contributed by atoms with Crippen molar-refractivity contribution in [3.05, 3.63) is 65.2 Å². The fourth-order valence-electron chi connectivity index (χ4n) is 5.78. The Morgan fingerprint density at radius 1 is 1.22 bits per heavy atom. The summed E-state index contributed by atoms with van der Waals surface area (Å²) in [6.45, 7) is 3.30. The number of ether oxygens (including phenoxy) is 1. The molecule has 2 aliphatic rings. The van der Waals surface area contributed by atoms with Crippen LogP contribution >= 0.6 is 11.6 Å². The van der Waals surface area contributed by atoms with Crippen molar-refractivity contribution in [2.75, 3.05) is 0 Å². The molecule has 1 aromatic carbocycles. The van der Waals surface area contributed by atoms with Crippen molar-refractivity contribution in [2.24, 2.45) is 30.2 Å². The van der Waals surface area contributed by atoms with Gasteiger partial charge in [-0.05, 0) is 41.5 Å². The zero-order valence-corrected chi connectivity index (χ0v) is 20.9. The van der Waals surface area contributed by atoms with Gasteiger partial charge in [-0.2, -0.15) is 0 Å². The Hall–Kier alpha value is -3.20. The number of carbonyl (C=O) groups is 1. The van der Waals surface area contributed by atoms with Crippen LogP contribution in [0.4, 0.5) is 8.78 Å². The molecule has 5 rings (SSSR count). The second-order valence-corrected chi connectivity index (χ2v) is 10.2. The second-order valence-electron chi connectivity index (χ2n) is 9.80. The van der Waals surface area contributed by atoms with E-state index in [1.54, 1.807) is 32.3 Å². The lowest BCUT2D eigenvalue weighted by atomic mass is 9.55. The molecular formula is C26H26ClF2N5O2. The fourth-order valence-corrected chi connectivity index (χ4v) is 6.02. The molecule has 1 saturated heterocycles. The van der Waals surface area contributed by atoms with Crippen LogP contribution in [0.15, 0.2) is 48.7 Å². The maximum absolute atomic E-state index is 15.4. The molecular weight excluding hydrogens is 488 g/mol. The van der Waals surface area contributed by atoms with Gasteiger partial charge in [-0.3, -0.25) is 9.78 Å². The maximum Gasteiger partial charge on any atom is 0.313 e. The average Bonchev–Trinajstić information content (AvgIpc) is 3.34. The first-order chi connectivity index (χ1) is 17.1. The molecule has 188 valence electrons. The first-order valence-electron chi connectivity index (χ1n) is 11.8. The SMILES string of the molecule is C[C@H]1OC(=O)[C@]2(Cc3nnnn3C)CC(F)(F)[C@@H](C)[C@H](/C=C/c3ccc(-c4ccccc4Cl)cn3)[C@H]12. The van der Waals surface area contributed by atoms with E-state index in [1.165, 1.54) is 11.6 Å². The first kappa shape index (κ1) is 24.5. The lowest BCUT2D eigenvalue weighted by Crippen LogP contribution is -2.54. The quantitative estimate of drug-likeness (QED) is 0.445. The van der Waals surface area contributed by atoms with Crippen molar-refractivity contribution in [1.82, 2.24) is 25.2 Å². The lowest BCUT2D eigenvalue weighted by molar-refractivity contribution is -0.171. The zero-order chi connectivity index (χ0) is 25.7. The topological polar surface area (TPSA) is 82.8 Å². The summed E-state index contributed by atoms with van der Waals surface area (Å²) in [6.07, 6.45) is 4.06. The van der Waals surface area contributed by atoms with E-state index in [2.05, 4.69) is 20.5 Å². The highest BCUT2D eigenvalue weighted by Gasteiger charge is 2.68. The largest absolute Gasteiger partial charge is 0.462 e. The molecule has 0 N–H and O–H groups in total. The first-order valence-corrected chi connectivity index (χ1v) is 12.2. The number of fused-ring (bicyclic) bond motifs is 1. The predicted molar refractivity (Wildman–Crippen MR) is 130 cm³/mol. The number of rotatable bonds is 5. The Bertz CT molecular complexity index is 1310. The summed E-state index contributed by atoms with van der Waals surface area (Å²) in [5.41, 5.74) is 0.915. The number of esters is 1. The molecule has 0 spiro atoms. The van der Waals surface area contributed by atoms with Crippen LogP contribution < -0.4 is 0 Å². The van der Waals surface area contributed by atoms with E-state index >= 15 is 8.78 Å². The summed E-state index contributed by atoms with van der Waals surface area (Å²) in [5, 5.41) is 12.0. The number of nitrogens with zero attached hydrogens (tertiary/aromatic N) is 5. The van der Waals surface area contributed by atoms with Gasteiger partial charge in [-0.15, -0.1) is 5.10 Å². The van der Waals surface area contributed by atoms with Crippen molar-refractivity contribution in [2.45, 2.75) is 38.7 Å². The third-order valence-corrected chi connectivity index (χ3v) is 8.02. The van der Waals surface area contributed by atoms with E-state index < -0.39 is 47.6 Å². The minimum atomic E-state index is -3.08. The van der Waals surface area contributed by atoms with E-state index in [1.807, 2.05) is 36.4 Å². The minimum absolute atomic E-state index is 0.0121. The van der Waals surface area contributed by atoms with Crippen LogP contribution in [0.25, 0.3) is 17.2 Å². The fraction of sp³-hybridized carbons (Fsp3) is 0.423. The highest BCUT2D eigenvalue weighted by atomic mass is 35.5. The maximum atomic E-state index is 15.4. The summed E-state index contributed by atoms with van der Waals surface area (Å²) in [4.78, 5) is 17.6. The van der Waals surface area contributed by atoms with E-state index in [9.17, 15) is 4.79 Å². The van der Waals surface area contributed by atoms with Gasteiger partial charge < -0.3 is 4.74 Å². The zero-order valence-electron chi connectivity index (χ0n) is 20.1. The second kappa shape index (κ2) is 9.03. The van der Waals surface area contributed by atoms with Gasteiger partial charge in [-0.25, -0.2) is 13.5 Å². The van der Waals surface area contributed by atoms with Gasteiger partial charge >= 0.3 is 5.97 Å². The highest BCUT2D eigenvalue weighted by molar-refractivity contribution is 6.33. The Kier molecular flexibility index (Phi) is 6.14. The van der Waals surface area contributed by atoms with Crippen molar-refractivity contribution >= 4 is 23.6 Å². The Morgan fingerprint density at radius 3 is 2.67 bits per heavy atom. The molecule has 3 aromatic rings. The molecule has 0 unspecified atom stereocenters. The number of cyclic esters (lactones) is 1. The summed E-state index contributed by atoms with van der Waals surface area (Å²) in [7, 11) is 1.63. The van der Waals surface area contributed by atoms with Gasteiger partial charge in [0, 0.05) is 54.1 Å². The van der Waals surface area contributed by atoms with Crippen molar-refractivity contribution in [3.8, 4) is 11.1 Å². The number of halogens is 3. The van der Waals surface area contributed by atoms with Gasteiger partial charge in [0.05, 0.1) is 11.1 Å². The van der Waals surface area contributed by atoms with Crippen molar-refractivity contribution in [3.63, 3.8) is 0 Å². The summed E-state index contributed by atoms with van der Waals surface area (Å²) >= 11 is 6.29. The Balaban J connectivity index is 1.48. The molecule has 0 amide bonds. The minimum Gasteiger partial charge on any atom is -0.462 e. The molecule has 10 heteroatoms. The number of aryl methyl sites for hydroxylation is 1. The Morgan fingerprint density at radius 2 is 2.00 bits per heavy atom. The predicted octanol–water partition coefficient (Wildman–Crippen LogP) is 5.02. The number of carbonyl (C=O) groups excluding carboxylic acids is 1. The van der Waals surface area contributed by atoms with Crippen LogP contribution in [-0.4, -0.2) is 43.2 Å². The molecule has 2 fully saturated rings. The Labute approximate surface area is 212 Å². The molecule has 0 bridgehead atoms. The number of benzene rings is 1. The van der Waals surface area contributed by atoms with Crippen LogP contribution in [-0.2, 0) is 23.0 Å². The normalized spacial score (nSPS) is 29.3. The van der Waals surface area contributed by atoms with Crippen molar-refractivity contribution < 1.29 is 18.3 Å². The van der Waals surface area contributed by atoms with Gasteiger partial charge in [0.15, 0.2) is 5.82 Å². The molecule has 36 heavy (non-hydrogen) atoms. The van der Waals surface area contributed by atoms with Gasteiger partial charge in [0.1, 0.15) is 6.10 Å². The number of hydrogen-bond donors (Lipinski definition) is 0. The third-order valence-electron chi connectivity index (χ3n) is 7.69. The number of alkyl halides is 2. The molecule has 1 aliphatic carbocycles. The van der Waals surface area contributed by atoms with E-state index in [0.717, 1.165) is 11.1 Å². The highest BCUT2D eigenvalue weighted by Crippen LogP contribution is 2.60. The summed E-state index contributed by atoms with van der Waals surface area (Å²) in [6, 6.07) is 11.2. The van der Waals surface area contributed by atoms with E-state index in [4.69, 9.17) is 16.3 Å². The molecule has 1 aliphatic heterocycles. The van der Waals surface area contributed by atoms with Crippen LogP contribution in [0, 0.1) is 23.2 Å². The van der Waals surface area contributed by atoms with Crippen LogP contribution in [0.3, 0.4) is 0 Å². The smallest absolute Gasteiger partial charge is 0.313 e. The monoisotopic (exact) mass is 513 g/mol. The van der Waals surface area contributed by atoms with Crippen LogP contribution in [0.5, 0.6) is 0 Å². The molecule has 5 atom stereocenters. The van der Waals surface area contributed by atoms with Crippen LogP contribution in [0.2, 0.25) is 5.02 Å². The van der Waals surface area contributed by atoms with Gasteiger partial charge in [0.2, 0.25) is 0 Å². The number of pyridine rings is 1. The number of allylic oxidation sites excluding steroid dienone is 1. The third kappa shape index (κ3) is 4.09. The summed E-state index contributed by atoms with van der Waals surface area (Å²) in [5.74, 6) is -5.41. The average molecular weight is 514 g/mol. The molecule has 2 aromatic heterocycles. The van der Waals surface area contributed by atoms with E-state index in [0.29, 0.717) is 16.5 Å². The molecule has 3 heterocycles. The van der Waals surface area contributed by atoms with Crippen molar-refractivity contribution in [1.29, 1.82) is 0 Å². The summed E-state index contributed by atoms with van der Waals surface area (Å²) < 4.78 is 37.9. The van der Waals surface area contributed by atoms with Gasteiger partial charge in [-0.1, -0.05) is 48.9 Å². The van der Waals surface area contributed by atoms with Gasteiger partial charge in [0.25, 0.3) is 5.92 Å². The number of aromatic nitrogens is 5. The standard InChI is InChI=1S/C26H26ClF2N5O2/c1-15-19(11-10-18-9-8-17(13-30-18)20-6-4-5-7-21(20)27)23-16(2)36-24(35)25(23,14-26(15,28)29)12-22-31-32-33-34(22)3/h4-11,13,15-16,19,23H,12,14H2,1-3H3/b11-10+/t15-,16+,19-,23-,25+/m0/s1. The molecule has 0 radical (unpaired) electrons. The lowest BCUT2D eigenvalue weighted by Gasteiger charge is -2.47. The number of tetrazole rings is 1. The molecule has 7 nitrogen and oxygen atoms in total. The van der Waals surface area contributed by atoms with Crippen LogP contribution in [0.1, 0.15) is 31.8 Å². The molecule has 1 saturated carbocycles. The van der Waals surface area contributed by atoms with E-state index in [-0.39, 0.29) is 6.42 Å². The number of hydrogen-bond acceptors (Lipinski definition) is 6.